The van der Waals surface area contributed by atoms with Crippen LogP contribution in [0.1, 0.15) is 10.5 Å². The summed E-state index contributed by atoms with van der Waals surface area (Å²) in [6.07, 6.45) is 0.635. The molecule has 33 heavy (non-hydrogen) atoms. The highest BCUT2D eigenvalue weighted by atomic mass is 32.1. The molecule has 0 radical (unpaired) electrons. The van der Waals surface area contributed by atoms with Crippen LogP contribution in [0.15, 0.2) is 36.5 Å². The van der Waals surface area contributed by atoms with Crippen LogP contribution in [0.3, 0.4) is 0 Å². The number of carbonyl (C=O) groups excluding carboxylic acids is 2. The van der Waals surface area contributed by atoms with Crippen LogP contribution < -0.4 is 9.80 Å². The molecule has 0 unspecified atom stereocenters. The lowest BCUT2D eigenvalue weighted by atomic mass is 10.2. The van der Waals surface area contributed by atoms with E-state index in [1.165, 1.54) is 23.0 Å². The summed E-state index contributed by atoms with van der Waals surface area (Å²) in [5.41, 5.74) is 1.47. The number of methoxy groups -OCH3 is 1. The van der Waals surface area contributed by atoms with Crippen LogP contribution in [-0.2, 0) is 16.5 Å². The third-order valence-electron chi connectivity index (χ3n) is 6.00. The number of piperazine rings is 1. The Hall–Kier alpha value is -3.34. The molecule has 176 valence electrons. The number of rotatable bonds is 4. The summed E-state index contributed by atoms with van der Waals surface area (Å²) in [5, 5.41) is 0.195. The van der Waals surface area contributed by atoms with Gasteiger partial charge in [-0.2, -0.15) is 0 Å². The highest BCUT2D eigenvalue weighted by Crippen LogP contribution is 2.29. The van der Waals surface area contributed by atoms with Gasteiger partial charge in [-0.15, -0.1) is 0 Å². The van der Waals surface area contributed by atoms with Crippen LogP contribution in [0.25, 0.3) is 0 Å². The second kappa shape index (κ2) is 9.26. The van der Waals surface area contributed by atoms with E-state index < -0.39 is 18.1 Å². The molecule has 0 bridgehead atoms. The van der Waals surface area contributed by atoms with E-state index in [1.54, 1.807) is 34.7 Å². The normalized spacial score (nSPS) is 18.4. The van der Waals surface area contributed by atoms with Gasteiger partial charge in [0.2, 0.25) is 0 Å². The van der Waals surface area contributed by atoms with Gasteiger partial charge in [0.1, 0.15) is 11.5 Å². The SMILES string of the molecule is COC(=S)N(C)[C@@H]1CN(c2ccc(N3CCN(C(=O)c4cccn4C)CC3)c(F)c2)C(=O)O1. The number of halogens is 1. The molecule has 9 nitrogen and oxygen atoms in total. The fraction of sp³-hybridized carbons (Fsp3) is 0.409. The Morgan fingerprint density at radius 2 is 1.97 bits per heavy atom. The standard InChI is InChI=1S/C22H26FN5O4S/c1-24-8-4-5-18(24)20(29)27-11-9-26(10-12-27)17-7-6-15(13-16(17)23)28-14-19(32-21(28)30)25(2)22(33)31-3/h4-8,13,19H,9-12,14H2,1-3H3/t19-/m0/s1. The molecule has 2 aliphatic rings. The molecule has 2 aromatic rings. The zero-order valence-corrected chi connectivity index (χ0v) is 19.5. The molecular weight excluding hydrogens is 449 g/mol. The first kappa shape index (κ1) is 22.8. The van der Waals surface area contributed by atoms with E-state index >= 15 is 4.39 Å². The Kier molecular flexibility index (Phi) is 6.41. The predicted molar refractivity (Wildman–Crippen MR) is 125 cm³/mol. The third-order valence-corrected chi connectivity index (χ3v) is 6.46. The van der Waals surface area contributed by atoms with E-state index in [1.807, 2.05) is 24.2 Å². The number of hydrogen-bond acceptors (Lipinski definition) is 6. The third kappa shape index (κ3) is 4.45. The summed E-state index contributed by atoms with van der Waals surface area (Å²) in [4.78, 5) is 31.6. The first-order chi connectivity index (χ1) is 15.8. The van der Waals surface area contributed by atoms with Crippen LogP contribution in [0, 0.1) is 5.82 Å². The lowest BCUT2D eigenvalue weighted by Gasteiger charge is -2.36. The van der Waals surface area contributed by atoms with Crippen molar-refractivity contribution in [2.24, 2.45) is 7.05 Å². The quantitative estimate of drug-likeness (QED) is 0.629. The van der Waals surface area contributed by atoms with Crippen molar-refractivity contribution in [1.29, 1.82) is 0 Å². The first-order valence-electron chi connectivity index (χ1n) is 10.5. The van der Waals surface area contributed by atoms with Gasteiger partial charge in [0.15, 0.2) is 6.23 Å². The number of likely N-dealkylation sites (N-methyl/N-ethyl adjacent to an activating group) is 1. The van der Waals surface area contributed by atoms with Crippen LogP contribution in [0.2, 0.25) is 0 Å². The largest absolute Gasteiger partial charge is 0.474 e. The lowest BCUT2D eigenvalue weighted by Crippen LogP contribution is -2.49. The number of thiocarbonyl (C=S) groups is 1. The van der Waals surface area contributed by atoms with Crippen molar-refractivity contribution in [1.82, 2.24) is 14.4 Å². The predicted octanol–water partition coefficient (Wildman–Crippen LogP) is 2.27. The average Bonchev–Trinajstić information content (AvgIpc) is 3.43. The van der Waals surface area contributed by atoms with Gasteiger partial charge in [-0.25, -0.2) is 9.18 Å². The Labute approximate surface area is 196 Å². The summed E-state index contributed by atoms with van der Waals surface area (Å²) < 4.78 is 27.2. The Bertz CT molecular complexity index is 1070. The number of carbonyl (C=O) groups is 2. The maximum Gasteiger partial charge on any atom is 0.416 e. The summed E-state index contributed by atoms with van der Waals surface area (Å²) >= 11 is 5.08. The summed E-state index contributed by atoms with van der Waals surface area (Å²) in [6, 6.07) is 8.31. The van der Waals surface area contributed by atoms with E-state index in [9.17, 15) is 9.59 Å². The molecule has 2 fully saturated rings. The van der Waals surface area contributed by atoms with Crippen molar-refractivity contribution in [3.05, 3.63) is 48.0 Å². The number of hydrogen-bond donors (Lipinski definition) is 0. The Balaban J connectivity index is 1.40. The molecule has 2 aliphatic heterocycles. The molecule has 1 atom stereocenters. The van der Waals surface area contributed by atoms with Gasteiger partial charge in [0.05, 0.1) is 25.0 Å². The van der Waals surface area contributed by atoms with E-state index in [0.29, 0.717) is 43.2 Å². The van der Waals surface area contributed by atoms with E-state index in [-0.39, 0.29) is 17.6 Å². The molecule has 1 aromatic heterocycles. The van der Waals surface area contributed by atoms with Gasteiger partial charge in [-0.05, 0) is 42.5 Å². The molecular formula is C22H26FN5O4S. The zero-order chi connectivity index (χ0) is 23.7. The van der Waals surface area contributed by atoms with Gasteiger partial charge in [-0.1, -0.05) is 0 Å². The van der Waals surface area contributed by atoms with E-state index in [4.69, 9.17) is 21.7 Å². The van der Waals surface area contributed by atoms with Crippen LogP contribution in [-0.4, -0.2) is 84.7 Å². The molecule has 4 rings (SSSR count). The molecule has 11 heteroatoms. The maximum absolute atomic E-state index is 15.0. The summed E-state index contributed by atoms with van der Waals surface area (Å²) in [7, 11) is 4.95. The van der Waals surface area contributed by atoms with Crippen molar-refractivity contribution in [3.8, 4) is 0 Å². The zero-order valence-electron chi connectivity index (χ0n) is 18.7. The molecule has 2 amide bonds. The van der Waals surface area contributed by atoms with Crippen molar-refractivity contribution < 1.29 is 23.5 Å². The number of anilines is 2. The number of ether oxygens (including phenoxy) is 2. The second-order valence-corrected chi connectivity index (χ2v) is 8.30. The van der Waals surface area contributed by atoms with Gasteiger partial charge in [0, 0.05) is 46.5 Å². The number of nitrogens with zero attached hydrogens (tertiary/aromatic N) is 5. The van der Waals surface area contributed by atoms with Crippen molar-refractivity contribution >= 4 is 40.8 Å². The average molecular weight is 476 g/mol. The van der Waals surface area contributed by atoms with Crippen LogP contribution in [0.4, 0.5) is 20.6 Å². The van der Waals surface area contributed by atoms with Gasteiger partial charge in [-0.3, -0.25) is 14.6 Å². The topological polar surface area (TPSA) is 70.5 Å². The minimum absolute atomic E-state index is 0.0296. The fourth-order valence-corrected chi connectivity index (χ4v) is 4.16. The highest BCUT2D eigenvalue weighted by Gasteiger charge is 2.36. The van der Waals surface area contributed by atoms with E-state index in [0.717, 1.165) is 0 Å². The van der Waals surface area contributed by atoms with Crippen LogP contribution >= 0.6 is 12.2 Å². The highest BCUT2D eigenvalue weighted by molar-refractivity contribution is 7.80. The number of aromatic nitrogens is 1. The Morgan fingerprint density at radius 3 is 2.58 bits per heavy atom. The van der Waals surface area contributed by atoms with Gasteiger partial charge >= 0.3 is 6.09 Å². The second-order valence-electron chi connectivity index (χ2n) is 7.95. The minimum atomic E-state index is -0.623. The lowest BCUT2D eigenvalue weighted by molar-refractivity contribution is 0.0677. The molecule has 2 saturated heterocycles. The van der Waals surface area contributed by atoms with Gasteiger partial charge in [0.25, 0.3) is 11.1 Å². The number of aryl methyl sites for hydroxylation is 1. The minimum Gasteiger partial charge on any atom is -0.474 e. The van der Waals surface area contributed by atoms with Crippen molar-refractivity contribution in [3.63, 3.8) is 0 Å². The monoisotopic (exact) mass is 475 g/mol. The first-order valence-corrected chi connectivity index (χ1v) is 10.9. The van der Waals surface area contributed by atoms with Gasteiger partial charge < -0.3 is 23.8 Å². The molecule has 0 aliphatic carbocycles. The Morgan fingerprint density at radius 1 is 1.24 bits per heavy atom. The maximum atomic E-state index is 15.0. The van der Waals surface area contributed by atoms with Crippen molar-refractivity contribution in [2.45, 2.75) is 6.23 Å². The summed E-state index contributed by atoms with van der Waals surface area (Å²) in [6.45, 7) is 2.21. The number of benzene rings is 1. The summed E-state index contributed by atoms with van der Waals surface area (Å²) in [5.74, 6) is -0.468. The molecule has 0 N–H and O–H groups in total. The number of amides is 2. The van der Waals surface area contributed by atoms with Crippen LogP contribution in [0.5, 0.6) is 0 Å². The molecule has 3 heterocycles. The smallest absolute Gasteiger partial charge is 0.416 e. The number of cyclic esters (lactones) is 1. The molecule has 0 saturated carbocycles. The molecule has 0 spiro atoms. The molecule has 1 aromatic carbocycles. The fourth-order valence-electron chi connectivity index (χ4n) is 4.04. The van der Waals surface area contributed by atoms with E-state index in [2.05, 4.69) is 0 Å². The van der Waals surface area contributed by atoms with Crippen molar-refractivity contribution in [2.75, 3.05) is 56.7 Å².